The van der Waals surface area contributed by atoms with Gasteiger partial charge in [0.25, 0.3) is 0 Å². The number of anilines is 2. The molecule has 0 saturated carbocycles. The van der Waals surface area contributed by atoms with Crippen LogP contribution in [-0.4, -0.2) is 34.1 Å². The molecule has 0 aromatic carbocycles. The number of hydrogen-bond donors (Lipinski definition) is 1. The summed E-state index contributed by atoms with van der Waals surface area (Å²) < 4.78 is 0. The van der Waals surface area contributed by atoms with Gasteiger partial charge in [0.15, 0.2) is 5.13 Å². The number of hydrogen-bond acceptors (Lipinski definition) is 6. The Labute approximate surface area is 123 Å². The third kappa shape index (κ3) is 3.07. The van der Waals surface area contributed by atoms with Gasteiger partial charge in [-0.05, 0) is 26.7 Å². The van der Waals surface area contributed by atoms with Crippen LogP contribution in [0.4, 0.5) is 10.9 Å². The first-order valence-corrected chi connectivity index (χ1v) is 7.81. The van der Waals surface area contributed by atoms with E-state index in [2.05, 4.69) is 30.5 Å². The predicted octanol–water partition coefficient (Wildman–Crippen LogP) is 2.63. The first-order valence-electron chi connectivity index (χ1n) is 6.93. The van der Waals surface area contributed by atoms with E-state index in [1.54, 1.807) is 17.7 Å². The molecule has 1 aliphatic rings. The summed E-state index contributed by atoms with van der Waals surface area (Å²) in [6, 6.07) is 2.48. The molecule has 0 aliphatic carbocycles. The molecule has 2 aromatic rings. The molecule has 1 saturated heterocycles. The zero-order valence-corrected chi connectivity index (χ0v) is 12.7. The fraction of sp³-hybridized carbons (Fsp3) is 0.500. The second-order valence-electron chi connectivity index (χ2n) is 5.22. The van der Waals surface area contributed by atoms with Crippen molar-refractivity contribution >= 4 is 22.3 Å². The Kier molecular flexibility index (Phi) is 3.82. The number of rotatable bonds is 3. The van der Waals surface area contributed by atoms with Crippen molar-refractivity contribution in [3.8, 4) is 0 Å². The van der Waals surface area contributed by atoms with Crippen molar-refractivity contribution in [2.24, 2.45) is 0 Å². The minimum absolute atomic E-state index is 0.488. The Morgan fingerprint density at radius 2 is 2.00 bits per heavy atom. The van der Waals surface area contributed by atoms with Crippen LogP contribution >= 0.6 is 11.3 Å². The second-order valence-corrected chi connectivity index (χ2v) is 6.06. The Morgan fingerprint density at radius 1 is 1.20 bits per heavy atom. The van der Waals surface area contributed by atoms with Crippen molar-refractivity contribution < 1.29 is 0 Å². The lowest BCUT2D eigenvalue weighted by Gasteiger charge is -2.32. The van der Waals surface area contributed by atoms with Crippen LogP contribution < -0.4 is 10.2 Å². The predicted molar refractivity (Wildman–Crippen MR) is 82.5 cm³/mol. The van der Waals surface area contributed by atoms with Gasteiger partial charge in [-0.2, -0.15) is 0 Å². The standard InChI is InChI=1S/C14H19N5S/c1-10-7-13(16-9-15-10)18-12-3-5-19(6-4-12)14-17-11(2)8-20-14/h7-9,12H,3-6H2,1-2H3,(H,15,16,18). The maximum absolute atomic E-state index is 4.56. The summed E-state index contributed by atoms with van der Waals surface area (Å²) in [5.41, 5.74) is 2.11. The van der Waals surface area contributed by atoms with Gasteiger partial charge in [-0.1, -0.05) is 0 Å². The van der Waals surface area contributed by atoms with Crippen LogP contribution in [0.1, 0.15) is 24.2 Å². The Morgan fingerprint density at radius 3 is 2.65 bits per heavy atom. The highest BCUT2D eigenvalue weighted by atomic mass is 32.1. The van der Waals surface area contributed by atoms with E-state index in [9.17, 15) is 0 Å². The summed E-state index contributed by atoms with van der Waals surface area (Å²) >= 11 is 1.74. The average molecular weight is 289 g/mol. The highest BCUT2D eigenvalue weighted by Crippen LogP contribution is 2.24. The average Bonchev–Trinajstić information content (AvgIpc) is 2.86. The van der Waals surface area contributed by atoms with Gasteiger partial charge in [-0.25, -0.2) is 15.0 Å². The van der Waals surface area contributed by atoms with E-state index in [-0.39, 0.29) is 0 Å². The maximum atomic E-state index is 4.56. The van der Waals surface area contributed by atoms with Crippen LogP contribution in [0, 0.1) is 13.8 Å². The largest absolute Gasteiger partial charge is 0.367 e. The zero-order valence-electron chi connectivity index (χ0n) is 11.8. The SMILES string of the molecule is Cc1cc(NC2CCN(c3nc(C)cs3)CC2)ncn1. The van der Waals surface area contributed by atoms with E-state index >= 15 is 0 Å². The summed E-state index contributed by atoms with van der Waals surface area (Å²) in [4.78, 5) is 15.3. The van der Waals surface area contributed by atoms with Crippen LogP contribution in [-0.2, 0) is 0 Å². The molecule has 1 N–H and O–H groups in total. The van der Waals surface area contributed by atoms with Gasteiger partial charge < -0.3 is 10.2 Å². The molecular weight excluding hydrogens is 270 g/mol. The summed E-state index contributed by atoms with van der Waals surface area (Å²) in [5, 5.41) is 6.77. The van der Waals surface area contributed by atoms with Crippen molar-refractivity contribution in [1.82, 2.24) is 15.0 Å². The maximum Gasteiger partial charge on any atom is 0.185 e. The molecule has 2 aromatic heterocycles. The van der Waals surface area contributed by atoms with E-state index in [4.69, 9.17) is 0 Å². The number of nitrogens with zero attached hydrogens (tertiary/aromatic N) is 4. The molecule has 1 aliphatic heterocycles. The van der Waals surface area contributed by atoms with Crippen LogP contribution in [0.25, 0.3) is 0 Å². The van der Waals surface area contributed by atoms with Gasteiger partial charge in [0.2, 0.25) is 0 Å². The van der Waals surface area contributed by atoms with Crippen molar-refractivity contribution in [2.45, 2.75) is 32.7 Å². The van der Waals surface area contributed by atoms with Gasteiger partial charge in [0, 0.05) is 36.3 Å². The third-order valence-electron chi connectivity index (χ3n) is 3.53. The van der Waals surface area contributed by atoms with Gasteiger partial charge >= 0.3 is 0 Å². The molecule has 0 spiro atoms. The van der Waals surface area contributed by atoms with Gasteiger partial charge in [0.05, 0.1) is 5.69 Å². The number of thiazole rings is 1. The molecule has 3 rings (SSSR count). The van der Waals surface area contributed by atoms with Gasteiger partial charge in [-0.3, -0.25) is 0 Å². The summed E-state index contributed by atoms with van der Waals surface area (Å²) in [7, 11) is 0. The van der Waals surface area contributed by atoms with Crippen molar-refractivity contribution in [1.29, 1.82) is 0 Å². The number of aryl methyl sites for hydroxylation is 2. The third-order valence-corrected chi connectivity index (χ3v) is 4.55. The van der Waals surface area contributed by atoms with Gasteiger partial charge in [-0.15, -0.1) is 11.3 Å². The smallest absolute Gasteiger partial charge is 0.185 e. The van der Waals surface area contributed by atoms with Crippen LogP contribution in [0.5, 0.6) is 0 Å². The van der Waals surface area contributed by atoms with Gasteiger partial charge in [0.1, 0.15) is 12.1 Å². The fourth-order valence-electron chi connectivity index (χ4n) is 2.44. The quantitative estimate of drug-likeness (QED) is 0.941. The summed E-state index contributed by atoms with van der Waals surface area (Å²) in [5.74, 6) is 0.932. The Bertz CT molecular complexity index is 574. The number of aromatic nitrogens is 3. The first-order chi connectivity index (χ1) is 9.70. The normalized spacial score (nSPS) is 16.4. The fourth-order valence-corrected chi connectivity index (χ4v) is 3.30. The molecule has 0 atom stereocenters. The Hall–Kier alpha value is -1.69. The number of piperidine rings is 1. The second kappa shape index (κ2) is 5.75. The molecule has 0 unspecified atom stereocenters. The van der Waals surface area contributed by atoms with Crippen molar-refractivity contribution in [3.63, 3.8) is 0 Å². The number of nitrogens with one attached hydrogen (secondary N) is 1. The van der Waals surface area contributed by atoms with Crippen LogP contribution in [0.15, 0.2) is 17.8 Å². The van der Waals surface area contributed by atoms with E-state index in [0.717, 1.165) is 48.3 Å². The lowest BCUT2D eigenvalue weighted by molar-refractivity contribution is 0.524. The molecule has 106 valence electrons. The summed E-state index contributed by atoms with van der Waals surface area (Å²) in [6.45, 7) is 6.13. The molecule has 0 radical (unpaired) electrons. The van der Waals surface area contributed by atoms with E-state index in [1.165, 1.54) is 0 Å². The first kappa shape index (κ1) is 13.3. The lowest BCUT2D eigenvalue weighted by Crippen LogP contribution is -2.39. The minimum atomic E-state index is 0.488. The van der Waals surface area contributed by atoms with Crippen LogP contribution in [0.3, 0.4) is 0 Å². The molecular formula is C14H19N5S. The molecule has 6 heteroatoms. The van der Waals surface area contributed by atoms with E-state index < -0.39 is 0 Å². The highest BCUT2D eigenvalue weighted by molar-refractivity contribution is 7.13. The molecule has 1 fully saturated rings. The van der Waals surface area contributed by atoms with Crippen LogP contribution in [0.2, 0.25) is 0 Å². The molecule has 5 nitrogen and oxygen atoms in total. The Balaban J connectivity index is 1.56. The van der Waals surface area contributed by atoms with Crippen molar-refractivity contribution in [2.75, 3.05) is 23.3 Å². The minimum Gasteiger partial charge on any atom is -0.367 e. The topological polar surface area (TPSA) is 53.9 Å². The molecule has 3 heterocycles. The molecule has 20 heavy (non-hydrogen) atoms. The highest BCUT2D eigenvalue weighted by Gasteiger charge is 2.21. The molecule has 0 amide bonds. The lowest BCUT2D eigenvalue weighted by atomic mass is 10.1. The monoisotopic (exact) mass is 289 g/mol. The van der Waals surface area contributed by atoms with E-state index in [0.29, 0.717) is 6.04 Å². The van der Waals surface area contributed by atoms with Crippen molar-refractivity contribution in [3.05, 3.63) is 29.2 Å². The molecule has 0 bridgehead atoms. The summed E-state index contributed by atoms with van der Waals surface area (Å²) in [6.07, 6.45) is 3.84. The zero-order chi connectivity index (χ0) is 13.9. The van der Waals surface area contributed by atoms with E-state index in [1.807, 2.05) is 19.9 Å².